The van der Waals surface area contributed by atoms with Gasteiger partial charge in [0.2, 0.25) is 5.91 Å². The summed E-state index contributed by atoms with van der Waals surface area (Å²) < 4.78 is 14.8. The van der Waals surface area contributed by atoms with Crippen molar-refractivity contribution in [2.24, 2.45) is 5.92 Å². The molecule has 0 radical (unpaired) electrons. The van der Waals surface area contributed by atoms with Crippen molar-refractivity contribution in [2.45, 2.75) is 57.5 Å². The largest absolute Gasteiger partial charge is 0.365 e. The van der Waals surface area contributed by atoms with Crippen molar-refractivity contribution < 1.29 is 9.18 Å². The van der Waals surface area contributed by atoms with Gasteiger partial charge in [-0.1, -0.05) is 25.0 Å². The minimum Gasteiger partial charge on any atom is -0.365 e. The fourth-order valence-electron chi connectivity index (χ4n) is 5.08. The lowest BCUT2D eigenvalue weighted by atomic mass is 10.1. The number of benzene rings is 1. The van der Waals surface area contributed by atoms with Crippen LogP contribution in [0.15, 0.2) is 36.4 Å². The van der Waals surface area contributed by atoms with Gasteiger partial charge in [-0.05, 0) is 61.6 Å². The van der Waals surface area contributed by atoms with E-state index in [0.717, 1.165) is 24.7 Å². The normalized spacial score (nSPS) is 19.1. The molecular weight excluding hydrogens is 433 g/mol. The number of nitrogens with zero attached hydrogens (tertiary/aromatic N) is 5. The first-order valence-corrected chi connectivity index (χ1v) is 12.3. The van der Waals surface area contributed by atoms with Gasteiger partial charge in [0.05, 0.1) is 0 Å². The number of likely N-dealkylation sites (tertiary alicyclic amines) is 1. The summed E-state index contributed by atoms with van der Waals surface area (Å²) in [6, 6.07) is 10.8. The second kappa shape index (κ2) is 10.5. The maximum Gasteiger partial charge on any atom is 0.220 e. The molecule has 2 fully saturated rings. The highest BCUT2D eigenvalue weighted by Gasteiger charge is 2.29. The number of carbonyl (C=O) groups excluding carboxylic acids is 1. The molecule has 1 aliphatic carbocycles. The highest BCUT2D eigenvalue weighted by atomic mass is 19.1. The lowest BCUT2D eigenvalue weighted by Gasteiger charge is -2.23. The molecule has 2 aromatic heterocycles. The summed E-state index contributed by atoms with van der Waals surface area (Å²) in [6.45, 7) is 3.55. The maximum absolute atomic E-state index is 13.1. The van der Waals surface area contributed by atoms with E-state index in [9.17, 15) is 9.18 Å². The molecule has 5 rings (SSSR count). The molecule has 3 aromatic rings. The van der Waals surface area contributed by atoms with Crippen LogP contribution in [0.5, 0.6) is 0 Å². The number of rotatable bonds is 9. The molecule has 3 heterocycles. The number of anilines is 1. The molecule has 180 valence electrons. The van der Waals surface area contributed by atoms with Crippen molar-refractivity contribution >= 4 is 17.4 Å². The van der Waals surface area contributed by atoms with Crippen LogP contribution >= 0.6 is 0 Å². The van der Waals surface area contributed by atoms with Gasteiger partial charge in [-0.3, -0.25) is 4.79 Å². The Morgan fingerprint density at radius 2 is 1.88 bits per heavy atom. The molecule has 8 nitrogen and oxygen atoms in total. The van der Waals surface area contributed by atoms with Crippen LogP contribution in [0, 0.1) is 11.7 Å². The lowest BCUT2D eigenvalue weighted by Crippen LogP contribution is -2.34. The number of amides is 1. The third kappa shape index (κ3) is 5.52. The van der Waals surface area contributed by atoms with E-state index in [2.05, 4.69) is 30.8 Å². The second-order valence-corrected chi connectivity index (χ2v) is 9.48. The molecular formula is C25H32FN7O. The van der Waals surface area contributed by atoms with Gasteiger partial charge in [0.15, 0.2) is 11.5 Å². The third-order valence-corrected chi connectivity index (χ3v) is 7.04. The Kier molecular flexibility index (Phi) is 6.99. The molecule has 9 heteroatoms. The van der Waals surface area contributed by atoms with Crippen LogP contribution in [-0.2, 0) is 17.8 Å². The predicted molar refractivity (Wildman–Crippen MR) is 128 cm³/mol. The first kappa shape index (κ1) is 22.7. The van der Waals surface area contributed by atoms with Crippen LogP contribution in [0.4, 0.5) is 10.2 Å². The maximum atomic E-state index is 13.1. The summed E-state index contributed by atoms with van der Waals surface area (Å²) in [4.78, 5) is 15.1. The number of hydrogen-bond acceptors (Lipinski definition) is 6. The van der Waals surface area contributed by atoms with Crippen molar-refractivity contribution in [3.8, 4) is 0 Å². The number of aryl methyl sites for hydroxylation is 1. The van der Waals surface area contributed by atoms with Gasteiger partial charge in [-0.25, -0.2) is 4.39 Å². The van der Waals surface area contributed by atoms with Crippen LogP contribution in [0.25, 0.3) is 5.65 Å². The summed E-state index contributed by atoms with van der Waals surface area (Å²) in [5, 5.41) is 19.3. The molecule has 1 saturated carbocycles. The second-order valence-electron chi connectivity index (χ2n) is 9.48. The molecule has 2 N–H and O–H groups in total. The number of halogens is 1. The molecule has 1 aromatic carbocycles. The Hall–Kier alpha value is -3.07. The molecule has 2 aliphatic rings. The number of aromatic nitrogens is 4. The Labute approximate surface area is 198 Å². The Morgan fingerprint density at radius 3 is 2.71 bits per heavy atom. The van der Waals surface area contributed by atoms with Gasteiger partial charge in [0.1, 0.15) is 11.6 Å². The average Bonchev–Trinajstić information content (AvgIpc) is 3.62. The summed E-state index contributed by atoms with van der Waals surface area (Å²) in [7, 11) is 0. The lowest BCUT2D eigenvalue weighted by molar-refractivity contribution is -0.121. The van der Waals surface area contributed by atoms with Gasteiger partial charge < -0.3 is 15.5 Å². The summed E-state index contributed by atoms with van der Waals surface area (Å²) >= 11 is 0. The summed E-state index contributed by atoms with van der Waals surface area (Å²) in [6.07, 6.45) is 7.39. The van der Waals surface area contributed by atoms with Gasteiger partial charge in [-0.2, -0.15) is 4.52 Å². The van der Waals surface area contributed by atoms with E-state index >= 15 is 0 Å². The van der Waals surface area contributed by atoms with Gasteiger partial charge in [0.25, 0.3) is 0 Å². The molecule has 1 aliphatic heterocycles. The quantitative estimate of drug-likeness (QED) is 0.505. The first-order valence-electron chi connectivity index (χ1n) is 12.3. The summed E-state index contributed by atoms with van der Waals surface area (Å²) in [5.41, 5.74) is 1.60. The third-order valence-electron chi connectivity index (χ3n) is 7.04. The monoisotopic (exact) mass is 465 g/mol. The van der Waals surface area contributed by atoms with Crippen molar-refractivity contribution in [1.29, 1.82) is 0 Å². The van der Waals surface area contributed by atoms with Gasteiger partial charge >= 0.3 is 0 Å². The number of carbonyl (C=O) groups is 1. The summed E-state index contributed by atoms with van der Waals surface area (Å²) in [5.74, 6) is 1.66. The molecule has 0 bridgehead atoms. The molecule has 0 unspecified atom stereocenters. The van der Waals surface area contributed by atoms with Crippen LogP contribution in [0.1, 0.15) is 49.9 Å². The molecule has 1 saturated heterocycles. The van der Waals surface area contributed by atoms with E-state index < -0.39 is 0 Å². The van der Waals surface area contributed by atoms with E-state index in [0.29, 0.717) is 42.6 Å². The first-order chi connectivity index (χ1) is 16.6. The minimum absolute atomic E-state index is 0.0432. The van der Waals surface area contributed by atoms with E-state index in [4.69, 9.17) is 0 Å². The van der Waals surface area contributed by atoms with Crippen molar-refractivity contribution in [2.75, 3.05) is 25.0 Å². The topological polar surface area (TPSA) is 87.5 Å². The zero-order valence-corrected chi connectivity index (χ0v) is 19.4. The van der Waals surface area contributed by atoms with E-state index in [-0.39, 0.29) is 11.7 Å². The Morgan fingerprint density at radius 1 is 1.06 bits per heavy atom. The van der Waals surface area contributed by atoms with Crippen LogP contribution < -0.4 is 10.6 Å². The Balaban J connectivity index is 1.10. The van der Waals surface area contributed by atoms with E-state index in [1.165, 1.54) is 50.8 Å². The fourth-order valence-corrected chi connectivity index (χ4v) is 5.08. The Bertz CT molecular complexity index is 1110. The highest BCUT2D eigenvalue weighted by Crippen LogP contribution is 2.28. The molecule has 34 heavy (non-hydrogen) atoms. The zero-order chi connectivity index (χ0) is 23.3. The highest BCUT2D eigenvalue weighted by molar-refractivity contribution is 5.76. The number of fused-ring (bicyclic) bond motifs is 1. The van der Waals surface area contributed by atoms with Crippen molar-refractivity contribution in [3.63, 3.8) is 0 Å². The van der Waals surface area contributed by atoms with Gasteiger partial charge in [0, 0.05) is 38.5 Å². The zero-order valence-electron chi connectivity index (χ0n) is 19.4. The smallest absolute Gasteiger partial charge is 0.220 e. The minimum atomic E-state index is -0.254. The number of nitrogens with one attached hydrogen (secondary N) is 2. The molecule has 1 amide bonds. The molecule has 1 atom stereocenters. The van der Waals surface area contributed by atoms with Gasteiger partial charge in [-0.15, -0.1) is 15.3 Å². The van der Waals surface area contributed by atoms with Crippen LogP contribution in [0.2, 0.25) is 0 Å². The average molecular weight is 466 g/mol. The van der Waals surface area contributed by atoms with E-state index in [1.54, 1.807) is 16.6 Å². The van der Waals surface area contributed by atoms with Crippen LogP contribution in [-0.4, -0.2) is 56.3 Å². The van der Waals surface area contributed by atoms with E-state index in [1.807, 2.05) is 12.1 Å². The fraction of sp³-hybridized carbons (Fsp3) is 0.520. The predicted octanol–water partition coefficient (Wildman–Crippen LogP) is 3.19. The standard InChI is InChI=1S/C25H32FN7O/c26-20-7-5-18(6-8-20)15-27-22-9-10-23-29-30-24(33(23)31-22)11-12-25(34)28-16-19-13-14-32(17-19)21-3-1-2-4-21/h5-10,19,21H,1-4,11-17H2,(H,27,31)(H,28,34)/t19-/m0/s1. The molecule has 0 spiro atoms. The number of hydrogen-bond donors (Lipinski definition) is 2. The van der Waals surface area contributed by atoms with Crippen molar-refractivity contribution in [1.82, 2.24) is 30.0 Å². The van der Waals surface area contributed by atoms with Crippen molar-refractivity contribution in [3.05, 3.63) is 53.6 Å². The SMILES string of the molecule is O=C(CCc1nnc2ccc(NCc3ccc(F)cc3)nn12)NC[C@@H]1CCN(C2CCCC2)C1. The van der Waals surface area contributed by atoms with Crippen LogP contribution in [0.3, 0.4) is 0 Å².